The molecule has 3 unspecified atom stereocenters. The number of hydrogen-bond donors (Lipinski definition) is 1. The molecule has 4 nitrogen and oxygen atoms in total. The summed E-state index contributed by atoms with van der Waals surface area (Å²) in [6.07, 6.45) is 2.14. The topological polar surface area (TPSA) is 49.8 Å². The molecule has 1 saturated heterocycles. The number of nitrogens with zero attached hydrogens (tertiary/aromatic N) is 1. The lowest BCUT2D eigenvalue weighted by Gasteiger charge is -2.18. The number of benzene rings is 1. The number of aryl methyl sites for hydroxylation is 1. The van der Waals surface area contributed by atoms with Crippen LogP contribution in [0.2, 0.25) is 0 Å². The minimum Gasteiger partial charge on any atom is -0.493 e. The summed E-state index contributed by atoms with van der Waals surface area (Å²) < 4.78 is 5.61. The first-order valence-corrected chi connectivity index (χ1v) is 7.79. The van der Waals surface area contributed by atoms with Gasteiger partial charge in [-0.3, -0.25) is 4.79 Å². The first-order chi connectivity index (χ1) is 10.1. The van der Waals surface area contributed by atoms with E-state index < -0.39 is 0 Å². The van der Waals surface area contributed by atoms with E-state index >= 15 is 0 Å². The molecule has 0 bridgehead atoms. The second-order valence-corrected chi connectivity index (χ2v) is 6.28. The third-order valence-electron chi connectivity index (χ3n) is 4.78. The maximum atomic E-state index is 12.2. The van der Waals surface area contributed by atoms with Crippen molar-refractivity contribution in [1.29, 1.82) is 0 Å². The van der Waals surface area contributed by atoms with E-state index in [1.807, 2.05) is 36.1 Å². The number of likely N-dealkylation sites (tertiary alicyclic amines) is 1. The number of amides is 1. The van der Waals surface area contributed by atoms with Crippen LogP contribution in [0, 0.1) is 18.8 Å². The number of aliphatic hydroxyl groups is 1. The Hall–Kier alpha value is -1.55. The van der Waals surface area contributed by atoms with Gasteiger partial charge in [0.25, 0.3) is 0 Å². The van der Waals surface area contributed by atoms with Crippen LogP contribution in [0.4, 0.5) is 0 Å². The zero-order valence-electron chi connectivity index (χ0n) is 12.5. The fraction of sp³-hybridized carbons (Fsp3) is 0.588. The molecular formula is C17H23NO3. The van der Waals surface area contributed by atoms with Gasteiger partial charge in [-0.05, 0) is 37.8 Å². The van der Waals surface area contributed by atoms with Gasteiger partial charge in [-0.2, -0.15) is 0 Å². The Balaban J connectivity index is 1.44. The van der Waals surface area contributed by atoms with Crippen LogP contribution in [0.15, 0.2) is 24.3 Å². The van der Waals surface area contributed by atoms with E-state index in [1.165, 1.54) is 5.56 Å². The van der Waals surface area contributed by atoms with E-state index in [9.17, 15) is 9.90 Å². The largest absolute Gasteiger partial charge is 0.493 e. The minimum absolute atomic E-state index is 0.142. The molecule has 21 heavy (non-hydrogen) atoms. The maximum absolute atomic E-state index is 12.2. The molecule has 0 spiro atoms. The average Bonchev–Trinajstić information content (AvgIpc) is 3.04. The van der Waals surface area contributed by atoms with Crippen molar-refractivity contribution >= 4 is 5.91 Å². The lowest BCUT2D eigenvalue weighted by Crippen LogP contribution is -2.31. The molecule has 3 atom stereocenters. The summed E-state index contributed by atoms with van der Waals surface area (Å²) in [6, 6.07) is 7.85. The fourth-order valence-corrected chi connectivity index (χ4v) is 3.49. The van der Waals surface area contributed by atoms with Gasteiger partial charge in [0.2, 0.25) is 5.91 Å². The van der Waals surface area contributed by atoms with E-state index in [0.717, 1.165) is 31.7 Å². The molecule has 1 saturated carbocycles. The normalized spacial score (nSPS) is 27.7. The zero-order chi connectivity index (χ0) is 14.8. The van der Waals surface area contributed by atoms with E-state index in [1.54, 1.807) is 0 Å². The van der Waals surface area contributed by atoms with Crippen LogP contribution >= 0.6 is 0 Å². The van der Waals surface area contributed by atoms with Crippen molar-refractivity contribution in [2.75, 3.05) is 19.7 Å². The molecule has 114 valence electrons. The molecule has 1 aliphatic heterocycles. The number of aliphatic hydroxyl groups excluding tert-OH is 1. The highest BCUT2D eigenvalue weighted by atomic mass is 16.5. The molecule has 1 aromatic rings. The summed E-state index contributed by atoms with van der Waals surface area (Å²) in [6.45, 7) is 3.97. The summed E-state index contributed by atoms with van der Waals surface area (Å²) in [5, 5.41) is 9.88. The number of carbonyl (C=O) groups excluding carboxylic acids is 1. The van der Waals surface area contributed by atoms with Crippen LogP contribution in [0.25, 0.3) is 0 Å². The van der Waals surface area contributed by atoms with Gasteiger partial charge in [0.05, 0.1) is 19.1 Å². The van der Waals surface area contributed by atoms with E-state index in [4.69, 9.17) is 4.74 Å². The second-order valence-electron chi connectivity index (χ2n) is 6.28. The Bertz CT molecular complexity index is 499. The van der Waals surface area contributed by atoms with Crippen LogP contribution in [0.1, 0.15) is 24.8 Å². The zero-order valence-corrected chi connectivity index (χ0v) is 12.5. The molecule has 0 aromatic heterocycles. The minimum atomic E-state index is -0.211. The molecule has 4 heteroatoms. The maximum Gasteiger partial charge on any atom is 0.226 e. The van der Waals surface area contributed by atoms with Crippen LogP contribution < -0.4 is 4.74 Å². The molecule has 0 radical (unpaired) electrons. The van der Waals surface area contributed by atoms with Gasteiger partial charge in [0.1, 0.15) is 5.75 Å². The first-order valence-electron chi connectivity index (χ1n) is 7.79. The van der Waals surface area contributed by atoms with E-state index in [2.05, 4.69) is 0 Å². The van der Waals surface area contributed by atoms with Crippen molar-refractivity contribution in [2.24, 2.45) is 11.8 Å². The van der Waals surface area contributed by atoms with Gasteiger partial charge in [-0.25, -0.2) is 0 Å². The molecule has 1 heterocycles. The van der Waals surface area contributed by atoms with Crippen molar-refractivity contribution < 1.29 is 14.6 Å². The standard InChI is InChI=1S/C17H23NO3/c1-12-2-5-14(6-3-12)21-9-8-17(20)18-10-13-4-7-16(19)15(13)11-18/h2-3,5-6,13,15-16,19H,4,7-11H2,1H3. The molecule has 1 N–H and O–H groups in total. The average molecular weight is 289 g/mol. The van der Waals surface area contributed by atoms with Crippen molar-refractivity contribution in [3.05, 3.63) is 29.8 Å². The van der Waals surface area contributed by atoms with Crippen LogP contribution in [0.5, 0.6) is 5.75 Å². The highest BCUT2D eigenvalue weighted by Gasteiger charge is 2.42. The number of carbonyl (C=O) groups is 1. The predicted octanol–water partition coefficient (Wildman–Crippen LogP) is 1.99. The third kappa shape index (κ3) is 3.21. The number of hydrogen-bond acceptors (Lipinski definition) is 3. The van der Waals surface area contributed by atoms with Crippen molar-refractivity contribution in [2.45, 2.75) is 32.3 Å². The summed E-state index contributed by atoms with van der Waals surface area (Å²) >= 11 is 0. The van der Waals surface area contributed by atoms with Gasteiger partial charge in [-0.15, -0.1) is 0 Å². The lowest BCUT2D eigenvalue weighted by molar-refractivity contribution is -0.131. The van der Waals surface area contributed by atoms with Gasteiger partial charge >= 0.3 is 0 Å². The summed E-state index contributed by atoms with van der Waals surface area (Å²) in [5.41, 5.74) is 1.19. The molecule has 1 amide bonds. The highest BCUT2D eigenvalue weighted by Crippen LogP contribution is 2.38. The summed E-state index contributed by atoms with van der Waals surface area (Å²) in [5.74, 6) is 1.75. The highest BCUT2D eigenvalue weighted by molar-refractivity contribution is 5.76. The van der Waals surface area contributed by atoms with Crippen molar-refractivity contribution in [3.63, 3.8) is 0 Å². The quantitative estimate of drug-likeness (QED) is 0.922. The monoisotopic (exact) mass is 289 g/mol. The summed E-state index contributed by atoms with van der Waals surface area (Å²) in [7, 11) is 0. The van der Waals surface area contributed by atoms with Crippen molar-refractivity contribution in [3.8, 4) is 5.75 Å². The van der Waals surface area contributed by atoms with Crippen molar-refractivity contribution in [1.82, 2.24) is 4.90 Å². The fourth-order valence-electron chi connectivity index (χ4n) is 3.49. The number of ether oxygens (including phenoxy) is 1. The van der Waals surface area contributed by atoms with E-state index in [-0.39, 0.29) is 12.0 Å². The smallest absolute Gasteiger partial charge is 0.226 e. The Kier molecular flexibility index (Phi) is 4.15. The molecule has 1 aromatic carbocycles. The summed E-state index contributed by atoms with van der Waals surface area (Å²) in [4.78, 5) is 14.1. The SMILES string of the molecule is Cc1ccc(OCCC(=O)N2CC3CCC(O)C3C2)cc1. The van der Waals surface area contributed by atoms with Crippen LogP contribution in [-0.4, -0.2) is 41.7 Å². The Morgan fingerprint density at radius 2 is 2.05 bits per heavy atom. The Morgan fingerprint density at radius 3 is 2.76 bits per heavy atom. The lowest BCUT2D eigenvalue weighted by atomic mass is 10.00. The first kappa shape index (κ1) is 14.4. The third-order valence-corrected chi connectivity index (χ3v) is 4.78. The molecule has 3 rings (SSSR count). The Morgan fingerprint density at radius 1 is 1.29 bits per heavy atom. The molecule has 1 aliphatic carbocycles. The van der Waals surface area contributed by atoms with E-state index in [0.29, 0.717) is 24.9 Å². The second kappa shape index (κ2) is 6.06. The number of fused-ring (bicyclic) bond motifs is 1. The van der Waals surface area contributed by atoms with Gasteiger partial charge in [-0.1, -0.05) is 17.7 Å². The van der Waals surface area contributed by atoms with Gasteiger partial charge in [0, 0.05) is 19.0 Å². The molecular weight excluding hydrogens is 266 g/mol. The van der Waals surface area contributed by atoms with Crippen LogP contribution in [-0.2, 0) is 4.79 Å². The molecule has 2 aliphatic rings. The number of rotatable bonds is 4. The Labute approximate surface area is 125 Å². The predicted molar refractivity (Wildman–Crippen MR) is 80.1 cm³/mol. The van der Waals surface area contributed by atoms with Gasteiger partial charge in [0.15, 0.2) is 0 Å². The molecule has 2 fully saturated rings. The van der Waals surface area contributed by atoms with Crippen LogP contribution in [0.3, 0.4) is 0 Å². The van der Waals surface area contributed by atoms with Gasteiger partial charge < -0.3 is 14.7 Å².